The summed E-state index contributed by atoms with van der Waals surface area (Å²) in [6, 6.07) is 25.1. The Kier molecular flexibility index (Phi) is 9.21. The molecule has 0 bridgehead atoms. The summed E-state index contributed by atoms with van der Waals surface area (Å²) in [6.07, 6.45) is 2.26. The van der Waals surface area contributed by atoms with Gasteiger partial charge in [-0.2, -0.15) is 0 Å². The molecule has 0 saturated carbocycles. The third kappa shape index (κ3) is 7.29. The van der Waals surface area contributed by atoms with E-state index in [2.05, 4.69) is 5.32 Å². The van der Waals surface area contributed by atoms with Gasteiger partial charge in [0.15, 0.2) is 9.84 Å². The lowest BCUT2D eigenvalue weighted by Crippen LogP contribution is -2.41. The number of sulfone groups is 1. The molecule has 1 N–H and O–H groups in total. The standard InChI is InChI=1S/C34H33FN2O5S/c1-42-31-15-14-27(26-10-3-12-29(20-26)34(39)37-17-6-18-37)22-32(31)43(40,41)23-25-8-2-7-24(19-25)9-5-16-36-33(38)28-11-4-13-30(35)21-28/h2-4,7-8,10-15,19-22H,5-6,9,16-18,23H2,1H3,(H,36,38). The van der Waals surface area contributed by atoms with Gasteiger partial charge in [-0.05, 0) is 84.0 Å². The van der Waals surface area contributed by atoms with Crippen molar-refractivity contribution in [3.05, 3.63) is 119 Å². The molecule has 1 aliphatic rings. The lowest BCUT2D eigenvalue weighted by molar-refractivity contribution is 0.0651. The number of aryl methyl sites for hydroxylation is 1. The van der Waals surface area contributed by atoms with Crippen molar-refractivity contribution in [2.24, 2.45) is 0 Å². The van der Waals surface area contributed by atoms with Gasteiger partial charge in [0.1, 0.15) is 16.5 Å². The molecule has 0 unspecified atom stereocenters. The van der Waals surface area contributed by atoms with Gasteiger partial charge in [-0.15, -0.1) is 0 Å². The van der Waals surface area contributed by atoms with E-state index in [0.29, 0.717) is 36.1 Å². The molecular formula is C34H33FN2O5S. The Morgan fingerprint density at radius 2 is 1.58 bits per heavy atom. The second kappa shape index (κ2) is 13.2. The van der Waals surface area contributed by atoms with Crippen LogP contribution in [-0.2, 0) is 22.0 Å². The number of halogens is 1. The third-order valence-corrected chi connectivity index (χ3v) is 9.15. The number of carbonyl (C=O) groups excluding carboxylic acids is 2. The van der Waals surface area contributed by atoms with Crippen molar-refractivity contribution in [1.29, 1.82) is 0 Å². The molecule has 9 heteroatoms. The number of carbonyl (C=O) groups is 2. The molecule has 1 fully saturated rings. The van der Waals surface area contributed by atoms with E-state index in [9.17, 15) is 22.4 Å². The minimum absolute atomic E-state index is 0.0247. The molecule has 1 saturated heterocycles. The van der Waals surface area contributed by atoms with Crippen LogP contribution in [0.2, 0.25) is 0 Å². The Bertz CT molecular complexity index is 1750. The topological polar surface area (TPSA) is 92.8 Å². The highest BCUT2D eigenvalue weighted by Crippen LogP contribution is 2.32. The highest BCUT2D eigenvalue weighted by molar-refractivity contribution is 7.90. The third-order valence-electron chi connectivity index (χ3n) is 7.45. The number of nitrogens with zero attached hydrogens (tertiary/aromatic N) is 1. The SMILES string of the molecule is COc1ccc(-c2cccc(C(=O)N3CCC3)c2)cc1S(=O)(=O)Cc1cccc(CCCNC(=O)c2cccc(F)c2)c1. The largest absolute Gasteiger partial charge is 0.495 e. The van der Waals surface area contributed by atoms with Crippen LogP contribution in [0.5, 0.6) is 5.75 Å². The Balaban J connectivity index is 1.27. The van der Waals surface area contributed by atoms with E-state index in [1.165, 1.54) is 25.3 Å². The summed E-state index contributed by atoms with van der Waals surface area (Å²) in [4.78, 5) is 26.8. The molecule has 1 heterocycles. The fourth-order valence-electron chi connectivity index (χ4n) is 5.03. The zero-order valence-corrected chi connectivity index (χ0v) is 24.7. The summed E-state index contributed by atoms with van der Waals surface area (Å²) in [6.45, 7) is 1.90. The quantitative estimate of drug-likeness (QED) is 0.224. The lowest BCUT2D eigenvalue weighted by atomic mass is 10.0. The van der Waals surface area contributed by atoms with Crippen molar-refractivity contribution >= 4 is 21.7 Å². The van der Waals surface area contributed by atoms with E-state index in [4.69, 9.17) is 4.74 Å². The van der Waals surface area contributed by atoms with Crippen molar-refractivity contribution in [2.75, 3.05) is 26.7 Å². The fourth-order valence-corrected chi connectivity index (χ4v) is 6.57. The van der Waals surface area contributed by atoms with Gasteiger partial charge < -0.3 is 15.0 Å². The minimum Gasteiger partial charge on any atom is -0.495 e. The van der Waals surface area contributed by atoms with Crippen LogP contribution in [-0.4, -0.2) is 51.9 Å². The van der Waals surface area contributed by atoms with Gasteiger partial charge in [-0.1, -0.05) is 48.5 Å². The molecule has 0 aliphatic carbocycles. The van der Waals surface area contributed by atoms with Crippen molar-refractivity contribution in [1.82, 2.24) is 10.2 Å². The van der Waals surface area contributed by atoms with E-state index in [0.717, 1.165) is 30.6 Å². The van der Waals surface area contributed by atoms with Gasteiger partial charge in [-0.3, -0.25) is 9.59 Å². The van der Waals surface area contributed by atoms with E-state index in [1.807, 2.05) is 24.3 Å². The van der Waals surface area contributed by atoms with Crippen LogP contribution in [0.4, 0.5) is 4.39 Å². The number of rotatable bonds is 11. The number of ether oxygens (including phenoxy) is 1. The molecule has 222 valence electrons. The van der Waals surface area contributed by atoms with Gasteiger partial charge in [0.25, 0.3) is 11.8 Å². The first kappa shape index (κ1) is 30.0. The monoisotopic (exact) mass is 600 g/mol. The predicted molar refractivity (Wildman–Crippen MR) is 163 cm³/mol. The molecular weight excluding hydrogens is 567 g/mol. The van der Waals surface area contributed by atoms with Crippen LogP contribution >= 0.6 is 0 Å². The first-order valence-corrected chi connectivity index (χ1v) is 15.8. The first-order valence-electron chi connectivity index (χ1n) is 14.2. The van der Waals surface area contributed by atoms with Crippen molar-refractivity contribution in [3.8, 4) is 16.9 Å². The maximum absolute atomic E-state index is 13.7. The number of amides is 2. The summed E-state index contributed by atoms with van der Waals surface area (Å²) in [5.41, 5.74) is 3.83. The zero-order chi connectivity index (χ0) is 30.4. The lowest BCUT2D eigenvalue weighted by Gasteiger charge is -2.31. The molecule has 4 aromatic carbocycles. The van der Waals surface area contributed by atoms with Crippen LogP contribution in [0.3, 0.4) is 0 Å². The highest BCUT2D eigenvalue weighted by Gasteiger charge is 2.24. The molecule has 2 amide bonds. The van der Waals surface area contributed by atoms with Gasteiger partial charge in [0.05, 0.1) is 12.9 Å². The average Bonchev–Trinajstić information content (AvgIpc) is 2.98. The number of benzene rings is 4. The smallest absolute Gasteiger partial charge is 0.253 e. The van der Waals surface area contributed by atoms with E-state index in [1.54, 1.807) is 53.4 Å². The Morgan fingerprint density at radius 1 is 0.860 bits per heavy atom. The van der Waals surface area contributed by atoms with E-state index < -0.39 is 15.7 Å². The summed E-state index contributed by atoms with van der Waals surface area (Å²) in [7, 11) is -2.36. The maximum atomic E-state index is 13.7. The van der Waals surface area contributed by atoms with Crippen LogP contribution in [0.1, 0.15) is 44.7 Å². The van der Waals surface area contributed by atoms with Crippen LogP contribution in [0, 0.1) is 5.82 Å². The molecule has 0 radical (unpaired) electrons. The summed E-state index contributed by atoms with van der Waals surface area (Å²) < 4.78 is 46.1. The molecule has 1 aliphatic heterocycles. The molecule has 0 spiro atoms. The van der Waals surface area contributed by atoms with Gasteiger partial charge >= 0.3 is 0 Å². The fraction of sp³-hybridized carbons (Fsp3) is 0.235. The second-order valence-electron chi connectivity index (χ2n) is 10.5. The molecule has 0 aromatic heterocycles. The van der Waals surface area contributed by atoms with Crippen LogP contribution in [0.15, 0.2) is 95.9 Å². The Hall–Kier alpha value is -4.50. The average molecular weight is 601 g/mol. The second-order valence-corrected chi connectivity index (χ2v) is 12.5. The van der Waals surface area contributed by atoms with Crippen molar-refractivity contribution < 1.29 is 27.1 Å². The van der Waals surface area contributed by atoms with Gasteiger partial charge in [0, 0.05) is 30.8 Å². The summed E-state index contributed by atoms with van der Waals surface area (Å²) in [5, 5.41) is 2.79. The van der Waals surface area contributed by atoms with Gasteiger partial charge in [-0.25, -0.2) is 12.8 Å². The van der Waals surface area contributed by atoms with E-state index in [-0.39, 0.29) is 33.8 Å². The Labute approximate surface area is 251 Å². The number of nitrogens with one attached hydrogen (secondary N) is 1. The molecule has 7 nitrogen and oxygen atoms in total. The molecule has 5 rings (SSSR count). The molecule has 0 atom stereocenters. The maximum Gasteiger partial charge on any atom is 0.253 e. The predicted octanol–water partition coefficient (Wildman–Crippen LogP) is 5.68. The number of hydrogen-bond donors (Lipinski definition) is 1. The van der Waals surface area contributed by atoms with Crippen LogP contribution in [0.25, 0.3) is 11.1 Å². The highest BCUT2D eigenvalue weighted by atomic mass is 32.2. The number of likely N-dealkylation sites (tertiary alicyclic amines) is 1. The van der Waals surface area contributed by atoms with Crippen molar-refractivity contribution in [2.45, 2.75) is 29.9 Å². The zero-order valence-electron chi connectivity index (χ0n) is 23.9. The molecule has 43 heavy (non-hydrogen) atoms. The summed E-state index contributed by atoms with van der Waals surface area (Å²) in [5.74, 6) is -0.799. The van der Waals surface area contributed by atoms with Crippen LogP contribution < -0.4 is 10.1 Å². The van der Waals surface area contributed by atoms with Crippen molar-refractivity contribution in [3.63, 3.8) is 0 Å². The minimum atomic E-state index is -3.80. The Morgan fingerprint density at radius 3 is 2.33 bits per heavy atom. The number of hydrogen-bond acceptors (Lipinski definition) is 5. The first-order chi connectivity index (χ1) is 20.7. The summed E-state index contributed by atoms with van der Waals surface area (Å²) >= 11 is 0. The molecule has 4 aromatic rings. The normalized spacial score (nSPS) is 12.8. The number of methoxy groups -OCH3 is 1. The van der Waals surface area contributed by atoms with E-state index >= 15 is 0 Å². The van der Waals surface area contributed by atoms with Gasteiger partial charge in [0.2, 0.25) is 0 Å².